The van der Waals surface area contributed by atoms with Gasteiger partial charge in [0.2, 0.25) is 23.6 Å². The zero-order chi connectivity index (χ0) is 46.1. The molecule has 1 saturated heterocycles. The largest absolute Gasteiger partial charge is 0.495 e. The maximum Gasteiger partial charge on any atom is 0.328 e. The van der Waals surface area contributed by atoms with Crippen molar-refractivity contribution in [3.05, 3.63) is 76.3 Å². The van der Waals surface area contributed by atoms with Crippen molar-refractivity contribution < 1.29 is 43.0 Å². The number of nitrogens with one attached hydrogen (secondary N) is 4. The van der Waals surface area contributed by atoms with Gasteiger partial charge in [0.05, 0.1) is 29.7 Å². The molecule has 0 saturated carbocycles. The van der Waals surface area contributed by atoms with Crippen LogP contribution in [0.4, 0.5) is 0 Å². The van der Waals surface area contributed by atoms with E-state index in [4.69, 9.17) is 25.8 Å². The van der Waals surface area contributed by atoms with Crippen LogP contribution in [0.1, 0.15) is 111 Å². The molecule has 3 unspecified atom stereocenters. The highest BCUT2D eigenvalue weighted by Crippen LogP contribution is 2.45. The predicted octanol–water partition coefficient (Wildman–Crippen LogP) is 6.38. The summed E-state index contributed by atoms with van der Waals surface area (Å²) in [6, 6.07) is 9.71. The first-order valence-corrected chi connectivity index (χ1v) is 22.2. The van der Waals surface area contributed by atoms with E-state index in [-0.39, 0.29) is 66.8 Å². The fourth-order valence-electron chi connectivity index (χ4n) is 7.22. The Balaban J connectivity index is 1.52. The average molecular weight is 880 g/mol. The molecule has 0 aliphatic carbocycles. The Morgan fingerprint density at radius 3 is 2.19 bits per heavy atom. The highest BCUT2D eigenvalue weighted by molar-refractivity contribution is 6.32. The topological polar surface area (TPSA) is 182 Å². The summed E-state index contributed by atoms with van der Waals surface area (Å²) >= 11 is 6.39. The van der Waals surface area contributed by atoms with Crippen molar-refractivity contribution in [2.75, 3.05) is 7.11 Å². The third-order valence-electron chi connectivity index (χ3n) is 12.4. The number of epoxide rings is 1. The van der Waals surface area contributed by atoms with Gasteiger partial charge in [0.15, 0.2) is 5.78 Å². The minimum atomic E-state index is -1.17. The lowest BCUT2D eigenvalue weighted by atomic mass is 9.83. The number of ether oxygens (including phenoxy) is 3. The quantitative estimate of drug-likeness (QED) is 0.117. The van der Waals surface area contributed by atoms with Crippen LogP contribution in [0.2, 0.25) is 5.02 Å². The van der Waals surface area contributed by atoms with Crippen molar-refractivity contribution in [2.24, 2.45) is 29.1 Å². The van der Waals surface area contributed by atoms with Gasteiger partial charge in [-0.25, -0.2) is 4.79 Å². The number of aryl methyl sites for hydroxylation is 1. The summed E-state index contributed by atoms with van der Waals surface area (Å²) in [7, 11) is 1.50. The lowest BCUT2D eigenvalue weighted by Gasteiger charge is -2.34. The highest BCUT2D eigenvalue weighted by Gasteiger charge is 2.48. The van der Waals surface area contributed by atoms with Crippen molar-refractivity contribution in [1.82, 2.24) is 21.3 Å². The third-order valence-corrected chi connectivity index (χ3v) is 12.7. The normalized spacial score (nSPS) is 25.4. The van der Waals surface area contributed by atoms with E-state index >= 15 is 0 Å². The zero-order valence-electron chi connectivity index (χ0n) is 38.1. The second-order valence-electron chi connectivity index (χ2n) is 18.3. The Labute approximate surface area is 372 Å². The third kappa shape index (κ3) is 13.6. The van der Waals surface area contributed by atoms with Crippen molar-refractivity contribution in [2.45, 2.75) is 144 Å². The molecular formula is C48H67ClN4O9. The predicted molar refractivity (Wildman–Crippen MR) is 238 cm³/mol. The molecule has 4 N–H and O–H groups in total. The first kappa shape index (κ1) is 49.9. The van der Waals surface area contributed by atoms with Gasteiger partial charge in [-0.3, -0.25) is 24.0 Å². The van der Waals surface area contributed by atoms with Crippen LogP contribution in [0.15, 0.2) is 54.6 Å². The average Bonchev–Trinajstić information content (AvgIpc) is 4.02. The molecule has 0 bridgehead atoms. The fraction of sp³-hybridized carbons (Fsp3) is 0.583. The summed E-state index contributed by atoms with van der Waals surface area (Å²) in [4.78, 5) is 80.4. The Morgan fingerprint density at radius 1 is 0.919 bits per heavy atom. The SMILES string of the molecule is COc1ccc(C[C@H]2NC(=O)/C=C/C[C@@H]([C@H](C)C3OC3c3ccc(CCC(=O)[C@H](C)NC(=O)[C@@H](C)C(C)C)cc3)OC(=O)[C@H](CC(C)C)NC(=O)C(C)(C)C(C)NC2=O)cc1Cl. The molecule has 0 aromatic heterocycles. The number of carbonyl (C=O) groups is 6. The van der Waals surface area contributed by atoms with E-state index < -0.39 is 59.4 Å². The Morgan fingerprint density at radius 2 is 1.58 bits per heavy atom. The first-order chi connectivity index (χ1) is 29.1. The number of cyclic esters (lactones) is 1. The molecule has 4 rings (SSSR count). The second-order valence-corrected chi connectivity index (χ2v) is 18.7. The minimum absolute atomic E-state index is 0.0328. The number of esters is 1. The van der Waals surface area contributed by atoms with Gasteiger partial charge >= 0.3 is 5.97 Å². The molecule has 0 spiro atoms. The zero-order valence-corrected chi connectivity index (χ0v) is 38.9. The lowest BCUT2D eigenvalue weighted by molar-refractivity contribution is -0.157. The molecule has 0 radical (unpaired) electrons. The fourth-order valence-corrected chi connectivity index (χ4v) is 7.50. The van der Waals surface area contributed by atoms with Crippen LogP contribution >= 0.6 is 11.6 Å². The van der Waals surface area contributed by atoms with Crippen molar-refractivity contribution >= 4 is 47.0 Å². The van der Waals surface area contributed by atoms with E-state index in [0.717, 1.165) is 11.1 Å². The maximum absolute atomic E-state index is 14.0. The monoisotopic (exact) mass is 878 g/mol. The number of hydrogen-bond donors (Lipinski definition) is 4. The van der Waals surface area contributed by atoms with Crippen LogP contribution in [0.25, 0.3) is 0 Å². The van der Waals surface area contributed by atoms with Crippen LogP contribution in [0.5, 0.6) is 5.75 Å². The van der Waals surface area contributed by atoms with Crippen molar-refractivity contribution in [3.8, 4) is 5.75 Å². The van der Waals surface area contributed by atoms with E-state index in [1.54, 1.807) is 52.0 Å². The number of benzene rings is 2. The Hall–Kier alpha value is -4.75. The number of ketones is 1. The van der Waals surface area contributed by atoms with Gasteiger partial charge in [0.25, 0.3) is 0 Å². The molecule has 1 fully saturated rings. The molecule has 13 nitrogen and oxygen atoms in total. The first-order valence-electron chi connectivity index (χ1n) is 21.8. The summed E-state index contributed by atoms with van der Waals surface area (Å²) in [5, 5.41) is 11.8. The molecule has 2 aromatic rings. The van der Waals surface area contributed by atoms with Gasteiger partial charge in [-0.2, -0.15) is 0 Å². The van der Waals surface area contributed by atoms with Gasteiger partial charge in [-0.1, -0.05) is 89.6 Å². The molecule has 340 valence electrons. The van der Waals surface area contributed by atoms with Crippen molar-refractivity contribution in [1.29, 1.82) is 0 Å². The number of halogens is 1. The molecule has 2 aliphatic heterocycles. The molecule has 2 aromatic carbocycles. The standard InChI is InChI=1S/C48H67ClN4O9/c1-26(2)23-37-46(58)61-39(29(6)42-43(62-42)34-19-15-32(16-20-34)17-21-38(54)30(7)50-44(56)28(5)27(3)4)13-12-14-41(55)52-36(25-33-18-22-40(60-11)35(49)24-33)45(57)51-31(8)48(9,10)47(59)53-37/h12,14-16,18-20,22,24,26-31,36-37,39,42-43H,13,17,21,23,25H2,1-11H3,(H,50,56)(H,51,57)(H,52,55)(H,53,59)/b14-12+/t28-,29-,30-,31?,36+,37-,39-,42?,43?/m0/s1. The number of hydrogen-bond acceptors (Lipinski definition) is 9. The van der Waals surface area contributed by atoms with Gasteiger partial charge in [0.1, 0.15) is 30.0 Å². The van der Waals surface area contributed by atoms with E-state index in [9.17, 15) is 28.8 Å². The molecule has 2 heterocycles. The smallest absolute Gasteiger partial charge is 0.328 e. The van der Waals surface area contributed by atoms with Gasteiger partial charge in [-0.15, -0.1) is 0 Å². The summed E-state index contributed by atoms with van der Waals surface area (Å²) in [6.07, 6.45) is 3.02. The molecule has 9 atom stereocenters. The van der Waals surface area contributed by atoms with Gasteiger partial charge in [-0.05, 0) is 87.3 Å². The summed E-state index contributed by atoms with van der Waals surface area (Å²) in [5.41, 5.74) is 1.41. The number of Topliss-reactive ketones (excluding diaryl/α,β-unsaturated/α-hetero) is 1. The van der Waals surface area contributed by atoms with Gasteiger partial charge < -0.3 is 35.5 Å². The van der Waals surface area contributed by atoms with Crippen LogP contribution in [-0.4, -0.2) is 78.9 Å². The maximum atomic E-state index is 14.0. The van der Waals surface area contributed by atoms with Crippen LogP contribution < -0.4 is 26.0 Å². The van der Waals surface area contributed by atoms with E-state index in [1.807, 2.05) is 65.8 Å². The van der Waals surface area contributed by atoms with E-state index in [0.29, 0.717) is 29.2 Å². The lowest BCUT2D eigenvalue weighted by Crippen LogP contribution is -2.58. The van der Waals surface area contributed by atoms with Crippen LogP contribution in [0, 0.1) is 29.1 Å². The number of rotatable bonds is 15. The van der Waals surface area contributed by atoms with Crippen molar-refractivity contribution in [3.63, 3.8) is 0 Å². The Bertz CT molecular complexity index is 1950. The molecular weight excluding hydrogens is 812 g/mol. The summed E-state index contributed by atoms with van der Waals surface area (Å²) in [6.45, 7) is 18.4. The van der Waals surface area contributed by atoms with Gasteiger partial charge in [0, 0.05) is 37.1 Å². The Kier molecular flexibility index (Phi) is 17.7. The number of amides is 4. The molecule has 62 heavy (non-hydrogen) atoms. The molecule has 14 heteroatoms. The minimum Gasteiger partial charge on any atom is -0.495 e. The van der Waals surface area contributed by atoms with Crippen LogP contribution in [-0.2, 0) is 51.1 Å². The van der Waals surface area contributed by atoms with E-state index in [2.05, 4.69) is 21.3 Å². The summed E-state index contributed by atoms with van der Waals surface area (Å²) < 4.78 is 17.7. The molecule has 4 amide bonds. The summed E-state index contributed by atoms with van der Waals surface area (Å²) in [5.74, 6) is -2.05. The molecule has 2 aliphatic rings. The number of methoxy groups -OCH3 is 1. The van der Waals surface area contributed by atoms with E-state index in [1.165, 1.54) is 13.2 Å². The second kappa shape index (κ2) is 22.0. The highest BCUT2D eigenvalue weighted by atomic mass is 35.5. The number of carbonyl (C=O) groups excluding carboxylic acids is 6. The van der Waals surface area contributed by atoms with Crippen LogP contribution in [0.3, 0.4) is 0 Å².